The fourth-order valence-corrected chi connectivity index (χ4v) is 2.73. The molecule has 2 aromatic rings. The lowest BCUT2D eigenvalue weighted by molar-refractivity contribution is 0.100. The van der Waals surface area contributed by atoms with Crippen molar-refractivity contribution in [2.75, 3.05) is 13.1 Å². The van der Waals surface area contributed by atoms with Gasteiger partial charge in [0, 0.05) is 6.54 Å². The van der Waals surface area contributed by atoms with Crippen LogP contribution < -0.4 is 10.6 Å². The third-order valence-electron chi connectivity index (χ3n) is 4.18. The van der Waals surface area contributed by atoms with Crippen LogP contribution in [0.1, 0.15) is 25.0 Å². The summed E-state index contributed by atoms with van der Waals surface area (Å²) in [4.78, 5) is 12.2. The molecule has 0 bridgehead atoms. The van der Waals surface area contributed by atoms with Crippen molar-refractivity contribution in [3.63, 3.8) is 0 Å². The van der Waals surface area contributed by atoms with Crippen molar-refractivity contribution in [1.82, 2.24) is 10.6 Å². The third kappa shape index (κ3) is 8.24. The predicted molar refractivity (Wildman–Crippen MR) is 107 cm³/mol. The van der Waals surface area contributed by atoms with Crippen LogP contribution in [0.2, 0.25) is 0 Å². The van der Waals surface area contributed by atoms with Gasteiger partial charge in [-0.1, -0.05) is 74.5 Å². The van der Waals surface area contributed by atoms with Gasteiger partial charge in [0.1, 0.15) is 6.61 Å². The minimum atomic E-state index is -0.715. The fourth-order valence-electron chi connectivity index (χ4n) is 2.73. The van der Waals surface area contributed by atoms with Crippen LogP contribution in [-0.4, -0.2) is 36.4 Å². The number of aliphatic hydroxyl groups is 1. The topological polar surface area (TPSA) is 70.6 Å². The molecule has 0 radical (unpaired) electrons. The Labute approximate surface area is 161 Å². The van der Waals surface area contributed by atoms with E-state index in [9.17, 15) is 9.90 Å². The van der Waals surface area contributed by atoms with Gasteiger partial charge in [-0.15, -0.1) is 0 Å². The average molecular weight is 370 g/mol. The third-order valence-corrected chi connectivity index (χ3v) is 4.18. The first-order valence-electron chi connectivity index (χ1n) is 9.44. The second-order valence-electron chi connectivity index (χ2n) is 7.12. The summed E-state index contributed by atoms with van der Waals surface area (Å²) in [6, 6.07) is 18.9. The van der Waals surface area contributed by atoms with Gasteiger partial charge < -0.3 is 20.5 Å². The van der Waals surface area contributed by atoms with Crippen LogP contribution >= 0.6 is 0 Å². The maximum absolute atomic E-state index is 12.2. The zero-order valence-electron chi connectivity index (χ0n) is 16.1. The lowest BCUT2D eigenvalue weighted by Gasteiger charge is -2.25. The van der Waals surface area contributed by atoms with Crippen molar-refractivity contribution in [2.45, 2.75) is 39.0 Å². The quantitative estimate of drug-likeness (QED) is 0.601. The van der Waals surface area contributed by atoms with Crippen molar-refractivity contribution >= 4 is 6.09 Å². The summed E-state index contributed by atoms with van der Waals surface area (Å²) in [5, 5.41) is 16.6. The van der Waals surface area contributed by atoms with Gasteiger partial charge in [0.15, 0.2) is 0 Å². The molecule has 2 aromatic carbocycles. The van der Waals surface area contributed by atoms with Crippen LogP contribution in [0.4, 0.5) is 4.79 Å². The van der Waals surface area contributed by atoms with Gasteiger partial charge in [-0.25, -0.2) is 4.79 Å². The summed E-state index contributed by atoms with van der Waals surface area (Å²) >= 11 is 0. The molecule has 0 saturated carbocycles. The van der Waals surface area contributed by atoms with E-state index in [0.29, 0.717) is 18.9 Å². The number of ether oxygens (including phenoxy) is 1. The van der Waals surface area contributed by atoms with E-state index in [0.717, 1.165) is 17.7 Å². The Hall–Kier alpha value is -2.37. The molecule has 0 heterocycles. The minimum absolute atomic E-state index is 0.201. The van der Waals surface area contributed by atoms with E-state index in [2.05, 4.69) is 24.5 Å². The number of aliphatic hydroxyl groups excluding tert-OH is 1. The van der Waals surface area contributed by atoms with Gasteiger partial charge in [-0.05, 0) is 30.0 Å². The normalized spacial score (nSPS) is 13.2. The Morgan fingerprint density at radius 2 is 1.56 bits per heavy atom. The highest BCUT2D eigenvalue weighted by Crippen LogP contribution is 2.08. The SMILES string of the molecule is CC(C)CNC[C@@H](O)[C@H](Cc1ccccc1)NC(=O)OCc1ccccc1. The number of amides is 1. The molecule has 5 heteroatoms. The van der Waals surface area contributed by atoms with Crippen molar-refractivity contribution in [1.29, 1.82) is 0 Å². The van der Waals surface area contributed by atoms with Crippen LogP contribution in [0.3, 0.4) is 0 Å². The van der Waals surface area contributed by atoms with Gasteiger partial charge in [-0.3, -0.25) is 0 Å². The highest BCUT2D eigenvalue weighted by Gasteiger charge is 2.22. The molecule has 0 aliphatic rings. The van der Waals surface area contributed by atoms with Crippen molar-refractivity contribution < 1.29 is 14.6 Å². The molecule has 2 atom stereocenters. The Morgan fingerprint density at radius 3 is 2.15 bits per heavy atom. The molecule has 0 unspecified atom stereocenters. The van der Waals surface area contributed by atoms with Crippen molar-refractivity contribution in [2.24, 2.45) is 5.92 Å². The number of benzene rings is 2. The number of carbonyl (C=O) groups excluding carboxylic acids is 1. The Balaban J connectivity index is 1.92. The number of alkyl carbamates (subject to hydrolysis) is 1. The molecule has 0 aromatic heterocycles. The highest BCUT2D eigenvalue weighted by molar-refractivity contribution is 5.67. The molecular weight excluding hydrogens is 340 g/mol. The first-order chi connectivity index (χ1) is 13.0. The number of hydrogen-bond donors (Lipinski definition) is 3. The van der Waals surface area contributed by atoms with Crippen molar-refractivity contribution in [3.05, 3.63) is 71.8 Å². The molecule has 2 rings (SSSR count). The molecule has 5 nitrogen and oxygen atoms in total. The Kier molecular flexibility index (Phi) is 8.81. The molecule has 146 valence electrons. The molecule has 0 saturated heterocycles. The summed E-state index contributed by atoms with van der Waals surface area (Å²) in [6.45, 7) is 5.65. The number of hydrogen-bond acceptors (Lipinski definition) is 4. The molecule has 27 heavy (non-hydrogen) atoms. The molecular formula is C22H30N2O3. The van der Waals surface area contributed by atoms with Gasteiger partial charge in [0.2, 0.25) is 0 Å². The van der Waals surface area contributed by atoms with E-state index < -0.39 is 18.2 Å². The summed E-state index contributed by atoms with van der Waals surface area (Å²) < 4.78 is 5.31. The van der Waals surface area contributed by atoms with Crippen LogP contribution in [0.15, 0.2) is 60.7 Å². The number of rotatable bonds is 10. The summed E-state index contributed by atoms with van der Waals surface area (Å²) in [5.41, 5.74) is 1.97. The van der Waals surface area contributed by atoms with Gasteiger partial charge in [0.05, 0.1) is 12.1 Å². The summed E-state index contributed by atoms with van der Waals surface area (Å²) in [5.74, 6) is 0.494. The lowest BCUT2D eigenvalue weighted by Crippen LogP contribution is -2.49. The highest BCUT2D eigenvalue weighted by atomic mass is 16.5. The average Bonchev–Trinajstić information content (AvgIpc) is 2.67. The molecule has 0 fully saturated rings. The zero-order chi connectivity index (χ0) is 19.5. The largest absolute Gasteiger partial charge is 0.445 e. The van der Waals surface area contributed by atoms with E-state index >= 15 is 0 Å². The molecule has 0 spiro atoms. The van der Waals surface area contributed by atoms with Gasteiger partial charge in [-0.2, -0.15) is 0 Å². The van der Waals surface area contributed by atoms with E-state index in [-0.39, 0.29) is 6.61 Å². The van der Waals surface area contributed by atoms with E-state index in [1.165, 1.54) is 0 Å². The smallest absolute Gasteiger partial charge is 0.407 e. The second kappa shape index (κ2) is 11.4. The Bertz CT molecular complexity index is 662. The summed E-state index contributed by atoms with van der Waals surface area (Å²) in [7, 11) is 0. The lowest BCUT2D eigenvalue weighted by atomic mass is 10.0. The van der Waals surface area contributed by atoms with Crippen LogP contribution in [-0.2, 0) is 17.8 Å². The number of nitrogens with one attached hydrogen (secondary N) is 2. The van der Waals surface area contributed by atoms with Crippen molar-refractivity contribution in [3.8, 4) is 0 Å². The maximum Gasteiger partial charge on any atom is 0.407 e. The monoisotopic (exact) mass is 370 g/mol. The van der Waals surface area contributed by atoms with Gasteiger partial charge >= 0.3 is 6.09 Å². The maximum atomic E-state index is 12.2. The molecule has 3 N–H and O–H groups in total. The number of carbonyl (C=O) groups is 1. The van der Waals surface area contributed by atoms with Crippen LogP contribution in [0.25, 0.3) is 0 Å². The molecule has 0 aliphatic heterocycles. The van der Waals surface area contributed by atoms with Crippen LogP contribution in [0.5, 0.6) is 0 Å². The molecule has 1 amide bonds. The van der Waals surface area contributed by atoms with E-state index in [1.54, 1.807) is 0 Å². The first-order valence-corrected chi connectivity index (χ1v) is 9.44. The van der Waals surface area contributed by atoms with Crippen LogP contribution in [0, 0.1) is 5.92 Å². The zero-order valence-corrected chi connectivity index (χ0v) is 16.1. The van der Waals surface area contributed by atoms with E-state index in [1.807, 2.05) is 60.7 Å². The minimum Gasteiger partial charge on any atom is -0.445 e. The fraction of sp³-hybridized carbons (Fsp3) is 0.409. The molecule has 0 aliphatic carbocycles. The van der Waals surface area contributed by atoms with Gasteiger partial charge in [0.25, 0.3) is 0 Å². The second-order valence-corrected chi connectivity index (χ2v) is 7.12. The summed E-state index contributed by atoms with van der Waals surface area (Å²) in [6.07, 6.45) is -0.706. The standard InChI is InChI=1S/C22H30N2O3/c1-17(2)14-23-15-21(25)20(13-18-9-5-3-6-10-18)24-22(26)27-16-19-11-7-4-8-12-19/h3-12,17,20-21,23,25H,13-16H2,1-2H3,(H,24,26)/t20-,21+/m0/s1. The Morgan fingerprint density at radius 1 is 0.963 bits per heavy atom. The first kappa shape index (κ1) is 20.9. The van der Waals surface area contributed by atoms with E-state index in [4.69, 9.17) is 4.74 Å². The predicted octanol–water partition coefficient (Wildman–Crippen LogP) is 3.13.